The number of amides is 1. The Hall–Kier alpha value is -2.53. The number of rotatable bonds is 6. The molecule has 28 heavy (non-hydrogen) atoms. The number of hydrogen-bond acceptors (Lipinski definition) is 4. The SMILES string of the molecule is COc1ccc(/C(=C\[C@H]2CCC(=O)N2)c2ccc(C3CC3)c(OC)n2)cc1Cl. The lowest BCUT2D eigenvalue weighted by atomic mass is 9.98. The van der Waals surface area contributed by atoms with Crippen LogP contribution in [0.3, 0.4) is 0 Å². The molecule has 4 rings (SSSR count). The second-order valence-corrected chi connectivity index (χ2v) is 7.62. The highest BCUT2D eigenvalue weighted by Gasteiger charge is 2.28. The summed E-state index contributed by atoms with van der Waals surface area (Å²) in [5, 5.41) is 3.53. The van der Waals surface area contributed by atoms with Crippen LogP contribution in [0.15, 0.2) is 36.4 Å². The van der Waals surface area contributed by atoms with Gasteiger partial charge in [-0.15, -0.1) is 0 Å². The van der Waals surface area contributed by atoms with Gasteiger partial charge in [0.15, 0.2) is 0 Å². The van der Waals surface area contributed by atoms with Crippen molar-refractivity contribution in [1.29, 1.82) is 0 Å². The molecule has 146 valence electrons. The number of carbonyl (C=O) groups excluding carboxylic acids is 1. The first-order valence-corrected chi connectivity index (χ1v) is 9.87. The van der Waals surface area contributed by atoms with Crippen molar-refractivity contribution in [2.24, 2.45) is 0 Å². The molecule has 1 saturated carbocycles. The molecule has 0 spiro atoms. The Morgan fingerprint density at radius 2 is 2.00 bits per heavy atom. The van der Waals surface area contributed by atoms with Crippen LogP contribution in [0.5, 0.6) is 11.6 Å². The normalized spacial score (nSPS) is 19.5. The first-order chi connectivity index (χ1) is 13.6. The topological polar surface area (TPSA) is 60.5 Å². The molecule has 1 aromatic heterocycles. The molecule has 1 aliphatic heterocycles. The number of nitrogens with one attached hydrogen (secondary N) is 1. The van der Waals surface area contributed by atoms with Crippen LogP contribution >= 0.6 is 11.6 Å². The molecule has 1 amide bonds. The molecule has 2 aromatic rings. The average Bonchev–Trinajstić information content (AvgIpc) is 3.47. The van der Waals surface area contributed by atoms with E-state index in [0.29, 0.717) is 29.0 Å². The Morgan fingerprint density at radius 3 is 2.61 bits per heavy atom. The highest BCUT2D eigenvalue weighted by atomic mass is 35.5. The molecule has 1 aliphatic carbocycles. The summed E-state index contributed by atoms with van der Waals surface area (Å²) in [4.78, 5) is 16.4. The average molecular weight is 399 g/mol. The van der Waals surface area contributed by atoms with E-state index in [2.05, 4.69) is 17.5 Å². The summed E-state index contributed by atoms with van der Waals surface area (Å²) in [5.74, 6) is 1.91. The lowest BCUT2D eigenvalue weighted by Crippen LogP contribution is -2.23. The Bertz CT molecular complexity index is 937. The van der Waals surface area contributed by atoms with Gasteiger partial charge < -0.3 is 14.8 Å². The van der Waals surface area contributed by atoms with E-state index < -0.39 is 0 Å². The van der Waals surface area contributed by atoms with Gasteiger partial charge in [-0.3, -0.25) is 4.79 Å². The molecule has 6 heteroatoms. The minimum atomic E-state index is -0.0284. The maximum atomic E-state index is 11.7. The first-order valence-electron chi connectivity index (χ1n) is 9.49. The Labute approximate surface area is 169 Å². The summed E-state index contributed by atoms with van der Waals surface area (Å²) in [6, 6.07) is 9.76. The highest BCUT2D eigenvalue weighted by molar-refractivity contribution is 6.32. The molecule has 1 atom stereocenters. The van der Waals surface area contributed by atoms with Crippen LogP contribution in [0, 0.1) is 0 Å². The number of carbonyl (C=O) groups is 1. The van der Waals surface area contributed by atoms with Gasteiger partial charge >= 0.3 is 0 Å². The van der Waals surface area contributed by atoms with E-state index in [0.717, 1.165) is 28.8 Å². The predicted octanol–water partition coefficient (Wildman–Crippen LogP) is 4.34. The number of nitrogens with zero attached hydrogens (tertiary/aromatic N) is 1. The number of ether oxygens (including phenoxy) is 2. The monoisotopic (exact) mass is 398 g/mol. The van der Waals surface area contributed by atoms with Crippen LogP contribution in [-0.4, -0.2) is 31.2 Å². The van der Waals surface area contributed by atoms with Crippen LogP contribution in [-0.2, 0) is 4.79 Å². The molecular weight excluding hydrogens is 376 g/mol. The maximum absolute atomic E-state index is 11.7. The van der Waals surface area contributed by atoms with Gasteiger partial charge in [-0.2, -0.15) is 0 Å². The van der Waals surface area contributed by atoms with Gasteiger partial charge in [0.05, 0.1) is 24.9 Å². The molecule has 0 bridgehead atoms. The third-order valence-electron chi connectivity index (χ3n) is 5.24. The predicted molar refractivity (Wildman–Crippen MR) is 109 cm³/mol. The number of hydrogen-bond donors (Lipinski definition) is 1. The van der Waals surface area contributed by atoms with E-state index >= 15 is 0 Å². The first kappa shape index (κ1) is 18.8. The molecule has 1 aromatic carbocycles. The Morgan fingerprint density at radius 1 is 1.18 bits per heavy atom. The van der Waals surface area contributed by atoms with Gasteiger partial charge in [0, 0.05) is 23.6 Å². The van der Waals surface area contributed by atoms with Crippen molar-refractivity contribution in [2.75, 3.05) is 14.2 Å². The fourth-order valence-corrected chi connectivity index (χ4v) is 3.85. The second kappa shape index (κ2) is 7.84. The third kappa shape index (κ3) is 3.85. The summed E-state index contributed by atoms with van der Waals surface area (Å²) < 4.78 is 10.8. The van der Waals surface area contributed by atoms with Crippen molar-refractivity contribution in [2.45, 2.75) is 37.6 Å². The number of pyridine rings is 1. The Balaban J connectivity index is 1.78. The van der Waals surface area contributed by atoms with Gasteiger partial charge in [0.1, 0.15) is 5.75 Å². The maximum Gasteiger partial charge on any atom is 0.220 e. The van der Waals surface area contributed by atoms with Crippen molar-refractivity contribution in [3.63, 3.8) is 0 Å². The van der Waals surface area contributed by atoms with Crippen molar-refractivity contribution >= 4 is 23.1 Å². The van der Waals surface area contributed by atoms with Crippen molar-refractivity contribution in [3.8, 4) is 11.6 Å². The van der Waals surface area contributed by atoms with E-state index in [1.165, 1.54) is 12.8 Å². The smallest absolute Gasteiger partial charge is 0.220 e. The molecule has 2 fully saturated rings. The summed E-state index contributed by atoms with van der Waals surface area (Å²) in [7, 11) is 3.25. The van der Waals surface area contributed by atoms with Crippen molar-refractivity contribution < 1.29 is 14.3 Å². The van der Waals surface area contributed by atoms with Gasteiger partial charge in [0.2, 0.25) is 11.8 Å². The van der Waals surface area contributed by atoms with Crippen LogP contribution in [0.2, 0.25) is 5.02 Å². The minimum Gasteiger partial charge on any atom is -0.495 e. The molecule has 0 unspecified atom stereocenters. The van der Waals surface area contributed by atoms with Crippen molar-refractivity contribution in [1.82, 2.24) is 10.3 Å². The van der Waals surface area contributed by atoms with Gasteiger partial charge in [-0.25, -0.2) is 4.98 Å². The zero-order chi connectivity index (χ0) is 19.7. The van der Waals surface area contributed by atoms with E-state index in [-0.39, 0.29) is 11.9 Å². The number of benzene rings is 1. The summed E-state index contributed by atoms with van der Waals surface area (Å²) in [6.07, 6.45) is 5.73. The van der Waals surface area contributed by atoms with Gasteiger partial charge in [-0.1, -0.05) is 29.8 Å². The fraction of sp³-hybridized carbons (Fsp3) is 0.364. The van der Waals surface area contributed by atoms with Crippen LogP contribution in [0.1, 0.15) is 48.4 Å². The molecule has 5 nitrogen and oxygen atoms in total. The fourth-order valence-electron chi connectivity index (χ4n) is 3.60. The highest BCUT2D eigenvalue weighted by Crippen LogP contribution is 2.44. The molecule has 2 heterocycles. The number of methoxy groups -OCH3 is 2. The Kier molecular flexibility index (Phi) is 5.27. The van der Waals surface area contributed by atoms with Crippen LogP contribution in [0.4, 0.5) is 0 Å². The molecule has 2 aliphatic rings. The zero-order valence-corrected chi connectivity index (χ0v) is 16.8. The van der Waals surface area contributed by atoms with Crippen LogP contribution < -0.4 is 14.8 Å². The molecule has 0 radical (unpaired) electrons. The number of aromatic nitrogens is 1. The summed E-state index contributed by atoms with van der Waals surface area (Å²) >= 11 is 6.37. The standard InChI is InChI=1S/C22H23ClN2O3/c1-27-20-9-5-14(11-18(20)23)17(12-15-6-10-21(26)24-15)19-8-7-16(13-3-4-13)22(25-19)28-2/h5,7-9,11-13,15H,3-4,6,10H2,1-2H3,(H,24,26)/b17-12+/t15-/m1/s1. The second-order valence-electron chi connectivity index (χ2n) is 7.21. The molecule has 1 saturated heterocycles. The number of halogens is 1. The minimum absolute atomic E-state index is 0.0284. The summed E-state index contributed by atoms with van der Waals surface area (Å²) in [5.41, 5.74) is 3.79. The van der Waals surface area contributed by atoms with Gasteiger partial charge in [-0.05, 0) is 48.9 Å². The quantitative estimate of drug-likeness (QED) is 0.786. The van der Waals surface area contributed by atoms with Crippen molar-refractivity contribution in [3.05, 3.63) is 58.3 Å². The summed E-state index contributed by atoms with van der Waals surface area (Å²) in [6.45, 7) is 0. The van der Waals surface area contributed by atoms with Crippen LogP contribution in [0.25, 0.3) is 5.57 Å². The largest absolute Gasteiger partial charge is 0.495 e. The molecule has 1 N–H and O–H groups in total. The van der Waals surface area contributed by atoms with E-state index in [4.69, 9.17) is 26.1 Å². The molecular formula is C22H23ClN2O3. The van der Waals surface area contributed by atoms with E-state index in [9.17, 15) is 4.79 Å². The van der Waals surface area contributed by atoms with E-state index in [1.807, 2.05) is 24.3 Å². The van der Waals surface area contributed by atoms with Gasteiger partial charge in [0.25, 0.3) is 0 Å². The zero-order valence-electron chi connectivity index (χ0n) is 16.0. The third-order valence-corrected chi connectivity index (χ3v) is 5.53. The lowest BCUT2D eigenvalue weighted by Gasteiger charge is -2.15. The lowest BCUT2D eigenvalue weighted by molar-refractivity contribution is -0.119. The van der Waals surface area contributed by atoms with E-state index in [1.54, 1.807) is 14.2 Å².